The van der Waals surface area contributed by atoms with E-state index in [1.54, 1.807) is 12.2 Å². The standard InChI is InChI=1S/C50H83N3O16P2/c1-3-5-7-9-11-12-13-14-15-16-17-18-23-27-31-35-46(56)67-42(38-64-45(55)34-30-26-22-20-19-21-25-29-33-41(54)32-28-24-10-8-6-4-2)39-65-70(60,61)69-71(62,63)66-40-43-47(57)48(58)49(68-43)53-37-36-44(51)52-50(53)59/h6,8,20-22,24-25,28-29,33,36-37,41-43,47-49,54,57-58H,3-5,7,9-19,23,26-27,30-32,34-35,38-40H2,1-2H3,(H,60,61)(H,62,63)(H2,51,52,59)/b8-6-,22-20-,25-21-,28-24-,33-29+/t41?,42-,43-,47-,48-,49-/m1/s1. The largest absolute Gasteiger partial charge is 0.481 e. The summed E-state index contributed by atoms with van der Waals surface area (Å²) in [5.41, 5.74) is 4.58. The van der Waals surface area contributed by atoms with E-state index in [0.717, 1.165) is 49.3 Å². The summed E-state index contributed by atoms with van der Waals surface area (Å²) < 4.78 is 56.7. The first kappa shape index (κ1) is 63.5. The summed E-state index contributed by atoms with van der Waals surface area (Å²) >= 11 is 0. The van der Waals surface area contributed by atoms with Gasteiger partial charge < -0.3 is 45.1 Å². The molecule has 1 aliphatic heterocycles. The number of anilines is 1. The molecule has 0 spiro atoms. The van der Waals surface area contributed by atoms with Crippen LogP contribution in [0.2, 0.25) is 0 Å². The smallest absolute Gasteiger partial charge is 0.462 e. The van der Waals surface area contributed by atoms with Crippen molar-refractivity contribution in [1.82, 2.24) is 9.55 Å². The first-order chi connectivity index (χ1) is 34.1. The van der Waals surface area contributed by atoms with Gasteiger partial charge in [0.05, 0.1) is 19.3 Å². The molecule has 3 unspecified atom stereocenters. The maximum absolute atomic E-state index is 12.9. The van der Waals surface area contributed by atoms with Gasteiger partial charge in [-0.2, -0.15) is 9.29 Å². The number of unbranched alkanes of at least 4 members (excludes halogenated alkanes) is 15. The molecule has 1 aliphatic rings. The quantitative estimate of drug-likeness (QED) is 0.0117. The number of phosphoric acid groups is 2. The van der Waals surface area contributed by atoms with E-state index in [1.165, 1.54) is 70.3 Å². The number of hydrogen-bond acceptors (Lipinski definition) is 16. The second-order valence-corrected chi connectivity index (χ2v) is 20.5. The first-order valence-corrected chi connectivity index (χ1v) is 28.4. The SMILES string of the molecule is CC/C=C\C/C=C\CC(O)/C=C/C=C\C/C=C\CCCC(=O)OC[C@H](COP(=O)(O)OP(=O)(O)OC[C@H]1O[C@@H](n2ccc(N)nc2=O)[C@H](O)[C@@H]1O)OC(=O)CCCCCCCCCCCCCCCCC. The maximum Gasteiger partial charge on any atom is 0.481 e. The number of nitrogens with zero attached hydrogens (tertiary/aromatic N) is 2. The molecule has 0 saturated carbocycles. The fraction of sp³-hybridized carbons (Fsp3) is 0.680. The summed E-state index contributed by atoms with van der Waals surface area (Å²) in [5, 5.41) is 31.0. The molecule has 8 atom stereocenters. The van der Waals surface area contributed by atoms with Crippen LogP contribution in [0, 0.1) is 0 Å². The van der Waals surface area contributed by atoms with Crippen molar-refractivity contribution in [3.8, 4) is 0 Å². The van der Waals surface area contributed by atoms with Crippen LogP contribution in [0.5, 0.6) is 0 Å². The van der Waals surface area contributed by atoms with Crippen LogP contribution in [0.15, 0.2) is 77.8 Å². The number of hydrogen-bond donors (Lipinski definition) is 6. The minimum absolute atomic E-state index is 0.0161. The van der Waals surface area contributed by atoms with Crippen molar-refractivity contribution in [2.24, 2.45) is 0 Å². The first-order valence-electron chi connectivity index (χ1n) is 25.4. The van der Waals surface area contributed by atoms with E-state index >= 15 is 0 Å². The highest BCUT2D eigenvalue weighted by molar-refractivity contribution is 7.61. The minimum atomic E-state index is -5.45. The number of carbonyl (C=O) groups excluding carboxylic acids is 2. The summed E-state index contributed by atoms with van der Waals surface area (Å²) in [6.07, 6.45) is 33.3. The lowest BCUT2D eigenvalue weighted by Crippen LogP contribution is -2.36. The van der Waals surface area contributed by atoms with Crippen molar-refractivity contribution in [1.29, 1.82) is 0 Å². The van der Waals surface area contributed by atoms with Gasteiger partial charge in [-0.25, -0.2) is 13.9 Å². The van der Waals surface area contributed by atoms with Crippen LogP contribution < -0.4 is 11.4 Å². The number of allylic oxidation sites excluding steroid dienone is 8. The van der Waals surface area contributed by atoms with Gasteiger partial charge in [0.1, 0.15) is 30.7 Å². The Labute approximate surface area is 420 Å². The average Bonchev–Trinajstić information content (AvgIpc) is 3.60. The Hall–Kier alpha value is -3.58. The molecule has 2 rings (SSSR count). The highest BCUT2D eigenvalue weighted by Gasteiger charge is 2.46. The molecule has 2 heterocycles. The van der Waals surface area contributed by atoms with E-state index in [1.807, 2.05) is 36.5 Å². The van der Waals surface area contributed by atoms with Crippen molar-refractivity contribution in [3.05, 3.63) is 83.5 Å². The lowest BCUT2D eigenvalue weighted by atomic mass is 10.0. The van der Waals surface area contributed by atoms with Crippen molar-refractivity contribution in [2.45, 2.75) is 198 Å². The van der Waals surface area contributed by atoms with Crippen molar-refractivity contribution >= 4 is 33.4 Å². The van der Waals surface area contributed by atoms with Gasteiger partial charge in [0.2, 0.25) is 0 Å². The normalized spacial score (nSPS) is 20.1. The lowest BCUT2D eigenvalue weighted by molar-refractivity contribution is -0.161. The number of nitrogens with two attached hydrogens (primary N) is 1. The van der Waals surface area contributed by atoms with Crippen molar-refractivity contribution in [2.75, 3.05) is 25.6 Å². The maximum atomic E-state index is 12.9. The molecule has 0 aromatic carbocycles. The van der Waals surface area contributed by atoms with E-state index in [4.69, 9.17) is 29.0 Å². The topological polar surface area (TPSA) is 286 Å². The van der Waals surface area contributed by atoms with Crippen LogP contribution in [0.4, 0.5) is 5.82 Å². The molecule has 1 fully saturated rings. The van der Waals surface area contributed by atoms with Crippen LogP contribution in [0.1, 0.15) is 168 Å². The molecule has 0 bridgehead atoms. The third-order valence-electron chi connectivity index (χ3n) is 11.2. The number of aromatic nitrogens is 2. The van der Waals surface area contributed by atoms with E-state index in [0.29, 0.717) is 32.1 Å². The Morgan fingerprint density at radius 2 is 1.35 bits per heavy atom. The molecule has 1 aromatic heterocycles. The predicted molar refractivity (Wildman–Crippen MR) is 272 cm³/mol. The van der Waals surface area contributed by atoms with E-state index < -0.39 is 89.8 Å². The molecule has 0 radical (unpaired) electrons. The van der Waals surface area contributed by atoms with Gasteiger partial charge in [0.25, 0.3) is 0 Å². The number of ether oxygens (including phenoxy) is 3. The molecule has 21 heteroatoms. The molecular weight excluding hydrogens is 961 g/mol. The van der Waals surface area contributed by atoms with Crippen LogP contribution in [-0.4, -0.2) is 96.9 Å². The molecule has 404 valence electrons. The van der Waals surface area contributed by atoms with E-state index in [9.17, 15) is 48.6 Å². The van der Waals surface area contributed by atoms with Gasteiger partial charge in [0, 0.05) is 19.0 Å². The second-order valence-electron chi connectivity index (χ2n) is 17.5. The van der Waals surface area contributed by atoms with E-state index in [-0.39, 0.29) is 18.7 Å². The number of rotatable bonds is 41. The van der Waals surface area contributed by atoms with Gasteiger partial charge in [-0.15, -0.1) is 0 Å². The minimum Gasteiger partial charge on any atom is -0.462 e. The molecule has 1 saturated heterocycles. The van der Waals surface area contributed by atoms with Crippen molar-refractivity contribution < 1.29 is 71.4 Å². The van der Waals surface area contributed by atoms with Gasteiger partial charge in [0.15, 0.2) is 12.3 Å². The highest BCUT2D eigenvalue weighted by atomic mass is 31.3. The van der Waals surface area contributed by atoms with Crippen LogP contribution in [-0.2, 0) is 46.3 Å². The van der Waals surface area contributed by atoms with Gasteiger partial charge >= 0.3 is 33.3 Å². The Bertz CT molecular complexity index is 1940. The molecule has 0 aliphatic carbocycles. The fourth-order valence-electron chi connectivity index (χ4n) is 7.26. The number of esters is 2. The molecular formula is C50H83N3O16P2. The molecule has 7 N–H and O–H groups in total. The number of nitrogen functional groups attached to an aromatic ring is 1. The summed E-state index contributed by atoms with van der Waals surface area (Å²) in [6, 6.07) is 1.24. The lowest BCUT2D eigenvalue weighted by Gasteiger charge is -2.21. The Morgan fingerprint density at radius 1 is 0.761 bits per heavy atom. The number of aliphatic hydroxyl groups excluding tert-OH is 3. The predicted octanol–water partition coefficient (Wildman–Crippen LogP) is 9.30. The monoisotopic (exact) mass is 1040 g/mol. The van der Waals surface area contributed by atoms with Gasteiger partial charge in [-0.3, -0.25) is 23.2 Å². The summed E-state index contributed by atoms with van der Waals surface area (Å²) in [6.45, 7) is 1.91. The molecule has 71 heavy (non-hydrogen) atoms. The van der Waals surface area contributed by atoms with E-state index in [2.05, 4.69) is 35.3 Å². The zero-order valence-corrected chi connectivity index (χ0v) is 43.7. The fourth-order valence-corrected chi connectivity index (χ4v) is 9.37. The third kappa shape index (κ3) is 30.9. The van der Waals surface area contributed by atoms with Crippen LogP contribution in [0.25, 0.3) is 0 Å². The second kappa shape index (κ2) is 38.1. The number of phosphoric ester groups is 2. The summed E-state index contributed by atoms with van der Waals surface area (Å²) in [7, 11) is -10.9. The Morgan fingerprint density at radius 3 is 2.00 bits per heavy atom. The Balaban J connectivity index is 1.84. The summed E-state index contributed by atoms with van der Waals surface area (Å²) in [5.74, 6) is -1.41. The highest BCUT2D eigenvalue weighted by Crippen LogP contribution is 2.60. The summed E-state index contributed by atoms with van der Waals surface area (Å²) in [4.78, 5) is 61.9. The van der Waals surface area contributed by atoms with Crippen LogP contribution in [0.3, 0.4) is 0 Å². The average molecular weight is 1040 g/mol. The molecule has 1 aromatic rings. The number of carbonyl (C=O) groups is 2. The Kier molecular flexibility index (Phi) is 34.1. The number of aliphatic hydroxyl groups is 3. The van der Waals surface area contributed by atoms with Crippen LogP contribution >= 0.6 is 15.6 Å². The van der Waals surface area contributed by atoms with Gasteiger partial charge in [-0.05, 0) is 51.0 Å². The molecule has 0 amide bonds. The molecule has 19 nitrogen and oxygen atoms in total. The third-order valence-corrected chi connectivity index (χ3v) is 13.8. The zero-order chi connectivity index (χ0) is 52.2. The van der Waals surface area contributed by atoms with Crippen molar-refractivity contribution in [3.63, 3.8) is 0 Å². The van der Waals surface area contributed by atoms with Gasteiger partial charge in [-0.1, -0.05) is 164 Å². The zero-order valence-electron chi connectivity index (χ0n) is 41.9.